The molecule has 0 saturated heterocycles. The summed E-state index contributed by atoms with van der Waals surface area (Å²) in [5.41, 5.74) is 2.79. The molecule has 0 fully saturated rings. The van der Waals surface area contributed by atoms with Gasteiger partial charge in [0.05, 0.1) is 6.04 Å². The number of benzene rings is 1. The third kappa shape index (κ3) is 2.63. The monoisotopic (exact) mass is 310 g/mol. The zero-order valence-electron chi connectivity index (χ0n) is 13.1. The topological polar surface area (TPSA) is 38.1 Å². The molecule has 1 aliphatic rings. The van der Waals surface area contributed by atoms with Crippen LogP contribution in [-0.4, -0.2) is 4.98 Å². The van der Waals surface area contributed by atoms with Crippen LogP contribution < -0.4 is 5.32 Å². The highest BCUT2D eigenvalue weighted by molar-refractivity contribution is 5.76. The van der Waals surface area contributed by atoms with Gasteiger partial charge < -0.3 is 9.73 Å². The van der Waals surface area contributed by atoms with E-state index in [2.05, 4.69) is 17.2 Å². The first-order chi connectivity index (χ1) is 11.2. The Bertz CT molecular complexity index is 809. The molecule has 1 aromatic carbocycles. The van der Waals surface area contributed by atoms with Crippen molar-refractivity contribution >= 4 is 11.0 Å². The van der Waals surface area contributed by atoms with E-state index in [0.29, 0.717) is 0 Å². The lowest BCUT2D eigenvalue weighted by Gasteiger charge is -2.29. The summed E-state index contributed by atoms with van der Waals surface area (Å²) >= 11 is 0. The van der Waals surface area contributed by atoms with E-state index in [1.807, 2.05) is 18.2 Å². The highest BCUT2D eigenvalue weighted by Crippen LogP contribution is 2.33. The fourth-order valence-corrected chi connectivity index (χ4v) is 3.48. The van der Waals surface area contributed by atoms with Gasteiger partial charge in [-0.2, -0.15) is 0 Å². The summed E-state index contributed by atoms with van der Waals surface area (Å²) in [5.74, 6) is 0.799. The lowest BCUT2D eigenvalue weighted by atomic mass is 9.87. The van der Waals surface area contributed by atoms with Crippen LogP contribution in [0.1, 0.15) is 48.7 Å². The van der Waals surface area contributed by atoms with E-state index in [4.69, 9.17) is 4.42 Å². The zero-order valence-corrected chi connectivity index (χ0v) is 13.1. The Labute approximate surface area is 134 Å². The molecule has 0 saturated carbocycles. The second kappa shape index (κ2) is 5.78. The van der Waals surface area contributed by atoms with Crippen LogP contribution in [0.25, 0.3) is 11.0 Å². The van der Waals surface area contributed by atoms with E-state index in [-0.39, 0.29) is 17.9 Å². The molecule has 2 aromatic heterocycles. The van der Waals surface area contributed by atoms with E-state index in [1.54, 1.807) is 24.5 Å². The van der Waals surface area contributed by atoms with Gasteiger partial charge in [-0.15, -0.1) is 0 Å². The summed E-state index contributed by atoms with van der Waals surface area (Å²) in [7, 11) is 0. The molecule has 0 radical (unpaired) electrons. The van der Waals surface area contributed by atoms with Crippen molar-refractivity contribution in [1.29, 1.82) is 0 Å². The molecule has 1 aliphatic carbocycles. The molecule has 4 rings (SSSR count). The van der Waals surface area contributed by atoms with Crippen LogP contribution in [0, 0.1) is 5.82 Å². The minimum absolute atomic E-state index is 0.0571. The van der Waals surface area contributed by atoms with Crippen molar-refractivity contribution in [3.8, 4) is 0 Å². The summed E-state index contributed by atoms with van der Waals surface area (Å²) in [6, 6.07) is 9.50. The molecule has 2 heterocycles. The first-order valence-electron chi connectivity index (χ1n) is 8.09. The molecule has 0 bridgehead atoms. The third-order valence-corrected chi connectivity index (χ3v) is 4.66. The Kier molecular flexibility index (Phi) is 3.62. The van der Waals surface area contributed by atoms with Gasteiger partial charge in [0.25, 0.3) is 0 Å². The van der Waals surface area contributed by atoms with E-state index in [1.165, 1.54) is 0 Å². The quantitative estimate of drug-likeness (QED) is 0.762. The predicted octanol–water partition coefficient (Wildman–Crippen LogP) is 4.70. The number of furan rings is 1. The fraction of sp³-hybridized carbons (Fsp3) is 0.316. The van der Waals surface area contributed by atoms with Gasteiger partial charge in [0.15, 0.2) is 0 Å². The number of fused-ring (bicyclic) bond motifs is 2. The molecular formula is C19H19FN2O. The summed E-state index contributed by atoms with van der Waals surface area (Å²) in [6.07, 6.45) is 6.38. The fourth-order valence-electron chi connectivity index (χ4n) is 3.48. The number of aromatic nitrogens is 1. The van der Waals surface area contributed by atoms with Crippen LogP contribution in [0.3, 0.4) is 0 Å². The standard InChI is InChI=1S/C19H19FN2O/c1-12(19-10-13-11-21-9-8-18(13)23-19)22-17-7-3-4-14-15(17)5-2-6-16(14)20/h2,5-6,8-12,17,22H,3-4,7H2,1H3. The second-order valence-electron chi connectivity index (χ2n) is 6.20. The summed E-state index contributed by atoms with van der Waals surface area (Å²) in [5, 5.41) is 4.60. The zero-order chi connectivity index (χ0) is 15.8. The van der Waals surface area contributed by atoms with E-state index in [9.17, 15) is 4.39 Å². The van der Waals surface area contributed by atoms with Crippen LogP contribution in [0.15, 0.2) is 47.1 Å². The average Bonchev–Trinajstić information content (AvgIpc) is 3.00. The van der Waals surface area contributed by atoms with Crippen molar-refractivity contribution in [1.82, 2.24) is 10.3 Å². The molecule has 2 unspecified atom stereocenters. The van der Waals surface area contributed by atoms with Gasteiger partial charge in [0.2, 0.25) is 0 Å². The Morgan fingerprint density at radius 1 is 1.35 bits per heavy atom. The Morgan fingerprint density at radius 3 is 3.13 bits per heavy atom. The number of pyridine rings is 1. The number of hydrogen-bond donors (Lipinski definition) is 1. The largest absolute Gasteiger partial charge is 0.459 e. The minimum Gasteiger partial charge on any atom is -0.459 e. The van der Waals surface area contributed by atoms with E-state index >= 15 is 0 Å². The van der Waals surface area contributed by atoms with Gasteiger partial charge in [0, 0.05) is 23.8 Å². The van der Waals surface area contributed by atoms with Crippen LogP contribution in [0.5, 0.6) is 0 Å². The Morgan fingerprint density at radius 2 is 2.26 bits per heavy atom. The first kappa shape index (κ1) is 14.4. The van der Waals surface area contributed by atoms with Crippen molar-refractivity contribution in [3.05, 3.63) is 65.4 Å². The van der Waals surface area contributed by atoms with Crippen molar-refractivity contribution in [2.24, 2.45) is 0 Å². The maximum Gasteiger partial charge on any atom is 0.137 e. The number of nitrogens with one attached hydrogen (secondary N) is 1. The van der Waals surface area contributed by atoms with E-state index < -0.39 is 0 Å². The highest BCUT2D eigenvalue weighted by atomic mass is 19.1. The number of hydrogen-bond acceptors (Lipinski definition) is 3. The van der Waals surface area contributed by atoms with Crippen molar-refractivity contribution in [3.63, 3.8) is 0 Å². The van der Waals surface area contributed by atoms with Crippen LogP contribution in [-0.2, 0) is 6.42 Å². The average molecular weight is 310 g/mol. The predicted molar refractivity (Wildman–Crippen MR) is 87.6 cm³/mol. The number of halogens is 1. The normalized spacial score (nSPS) is 18.8. The Balaban J connectivity index is 1.60. The van der Waals surface area contributed by atoms with E-state index in [0.717, 1.165) is 47.1 Å². The minimum atomic E-state index is -0.0866. The summed E-state index contributed by atoms with van der Waals surface area (Å²) in [6.45, 7) is 2.08. The third-order valence-electron chi connectivity index (χ3n) is 4.66. The molecule has 4 heteroatoms. The van der Waals surface area contributed by atoms with Crippen LogP contribution >= 0.6 is 0 Å². The van der Waals surface area contributed by atoms with Crippen molar-refractivity contribution in [2.75, 3.05) is 0 Å². The van der Waals surface area contributed by atoms with Gasteiger partial charge in [-0.1, -0.05) is 12.1 Å². The van der Waals surface area contributed by atoms with Crippen LogP contribution in [0.4, 0.5) is 4.39 Å². The molecule has 1 N–H and O–H groups in total. The summed E-state index contributed by atoms with van der Waals surface area (Å²) < 4.78 is 19.9. The van der Waals surface area contributed by atoms with Crippen molar-refractivity contribution in [2.45, 2.75) is 38.3 Å². The van der Waals surface area contributed by atoms with Gasteiger partial charge in [0.1, 0.15) is 17.2 Å². The van der Waals surface area contributed by atoms with Gasteiger partial charge in [-0.05, 0) is 55.5 Å². The van der Waals surface area contributed by atoms with Gasteiger partial charge >= 0.3 is 0 Å². The smallest absolute Gasteiger partial charge is 0.137 e. The number of rotatable bonds is 3. The lowest BCUT2D eigenvalue weighted by molar-refractivity contribution is 0.372. The molecule has 3 aromatic rings. The molecular weight excluding hydrogens is 291 g/mol. The molecule has 0 aliphatic heterocycles. The molecule has 0 amide bonds. The second-order valence-corrected chi connectivity index (χ2v) is 6.20. The van der Waals surface area contributed by atoms with Crippen molar-refractivity contribution < 1.29 is 8.81 Å². The highest BCUT2D eigenvalue weighted by Gasteiger charge is 2.24. The number of nitrogens with zero attached hydrogens (tertiary/aromatic N) is 1. The molecule has 23 heavy (non-hydrogen) atoms. The maximum atomic E-state index is 14.0. The molecule has 3 nitrogen and oxygen atoms in total. The van der Waals surface area contributed by atoms with Gasteiger partial charge in [-0.25, -0.2) is 4.39 Å². The molecule has 118 valence electrons. The SMILES string of the molecule is CC(NC1CCCc2c(F)cccc21)c1cc2cnccc2o1. The van der Waals surface area contributed by atoms with Gasteiger partial charge in [-0.3, -0.25) is 4.98 Å². The first-order valence-corrected chi connectivity index (χ1v) is 8.09. The maximum absolute atomic E-state index is 14.0. The van der Waals surface area contributed by atoms with Crippen LogP contribution in [0.2, 0.25) is 0 Å². The lowest BCUT2D eigenvalue weighted by Crippen LogP contribution is -2.28. The molecule has 2 atom stereocenters. The molecule has 0 spiro atoms. The summed E-state index contributed by atoms with van der Waals surface area (Å²) in [4.78, 5) is 4.12. The Hall–Kier alpha value is -2.20.